The van der Waals surface area contributed by atoms with E-state index in [0.29, 0.717) is 25.1 Å². The van der Waals surface area contributed by atoms with Crippen LogP contribution in [0.4, 0.5) is 10.1 Å². The van der Waals surface area contributed by atoms with E-state index in [1.807, 2.05) is 29.4 Å². The average Bonchev–Trinajstić information content (AvgIpc) is 3.35. The Morgan fingerprint density at radius 2 is 2.10 bits per heavy atom. The van der Waals surface area contributed by atoms with Crippen LogP contribution in [0.1, 0.15) is 42.6 Å². The summed E-state index contributed by atoms with van der Waals surface area (Å²) < 4.78 is 19.4. The number of ether oxygens (including phenoxy) is 1. The van der Waals surface area contributed by atoms with Gasteiger partial charge in [-0.3, -0.25) is 19.7 Å². The number of piperidine rings is 1. The van der Waals surface area contributed by atoms with Gasteiger partial charge in [0.1, 0.15) is 5.69 Å². The van der Waals surface area contributed by atoms with E-state index in [1.165, 1.54) is 13.2 Å². The molecule has 2 aliphatic heterocycles. The summed E-state index contributed by atoms with van der Waals surface area (Å²) in [7, 11) is 1.45. The van der Waals surface area contributed by atoms with Crippen molar-refractivity contribution in [3.8, 4) is 17.1 Å². The number of nitrogens with zero attached hydrogens (tertiary/aromatic N) is 6. The van der Waals surface area contributed by atoms with Gasteiger partial charge in [0, 0.05) is 61.1 Å². The molecule has 0 bridgehead atoms. The van der Waals surface area contributed by atoms with E-state index in [2.05, 4.69) is 30.1 Å². The minimum Gasteiger partial charge on any atom is -0.481 e. The maximum absolute atomic E-state index is 14.4. The average molecular weight is 532 g/mol. The molecule has 3 aliphatic rings. The second-order valence-electron chi connectivity index (χ2n) is 10.6. The zero-order chi connectivity index (χ0) is 27.0. The largest absolute Gasteiger partial charge is 0.481 e. The fourth-order valence-electron chi connectivity index (χ4n) is 5.75. The van der Waals surface area contributed by atoms with Crippen molar-refractivity contribution in [2.24, 2.45) is 16.8 Å². The first kappa shape index (κ1) is 25.1. The molecule has 10 nitrogen and oxygen atoms in total. The number of pyridine rings is 2. The molecule has 2 saturated heterocycles. The lowest BCUT2D eigenvalue weighted by atomic mass is 9.88. The predicted octanol–water partition coefficient (Wildman–Crippen LogP) is 3.52. The van der Waals surface area contributed by atoms with Crippen molar-refractivity contribution in [1.82, 2.24) is 25.1 Å². The van der Waals surface area contributed by atoms with Crippen LogP contribution in [0.3, 0.4) is 0 Å². The number of rotatable bonds is 6. The molecule has 2 amide bonds. The third-order valence-corrected chi connectivity index (χ3v) is 8.09. The van der Waals surface area contributed by atoms with Crippen molar-refractivity contribution < 1.29 is 18.7 Å². The number of nitrogens with one attached hydrogen (secondary N) is 1. The molecule has 5 heterocycles. The fraction of sp³-hybridized carbons (Fsp3) is 0.429. The molecule has 3 aromatic rings. The number of aliphatic imine (C=N–C) groups is 1. The van der Waals surface area contributed by atoms with E-state index in [1.54, 1.807) is 12.3 Å². The summed E-state index contributed by atoms with van der Waals surface area (Å²) in [5.74, 6) is -0.554. The lowest BCUT2D eigenvalue weighted by molar-refractivity contribution is -0.123. The van der Waals surface area contributed by atoms with Crippen molar-refractivity contribution in [3.63, 3.8) is 0 Å². The van der Waals surface area contributed by atoms with Crippen LogP contribution < -0.4 is 9.64 Å². The number of likely N-dealkylation sites (tertiary alicyclic amines) is 1. The molecule has 1 spiro atoms. The Morgan fingerprint density at radius 1 is 1.23 bits per heavy atom. The topological polar surface area (TPSA) is 117 Å². The molecule has 1 N–H and O–H groups in total. The highest BCUT2D eigenvalue weighted by atomic mass is 19.1. The van der Waals surface area contributed by atoms with Crippen LogP contribution in [0.25, 0.3) is 11.3 Å². The quantitative estimate of drug-likeness (QED) is 0.484. The van der Waals surface area contributed by atoms with Crippen molar-refractivity contribution >= 4 is 23.7 Å². The number of hydrogen-bond donors (Lipinski definition) is 1. The third-order valence-electron chi connectivity index (χ3n) is 8.09. The highest BCUT2D eigenvalue weighted by Gasteiger charge is 2.54. The molecule has 202 valence electrons. The first-order valence-electron chi connectivity index (χ1n) is 13.3. The lowest BCUT2D eigenvalue weighted by Gasteiger charge is -2.39. The third kappa shape index (κ3) is 5.00. The molecule has 1 saturated carbocycles. The molecule has 0 aromatic carbocycles. The first-order valence-corrected chi connectivity index (χ1v) is 13.3. The van der Waals surface area contributed by atoms with Crippen LogP contribution in [0, 0.1) is 17.7 Å². The van der Waals surface area contributed by atoms with Gasteiger partial charge in [-0.1, -0.05) is 0 Å². The molecule has 11 heteroatoms. The molecule has 3 aromatic heterocycles. The number of H-pyrrole nitrogens is 1. The number of amides is 2. The molecule has 1 aliphatic carbocycles. The Hall–Kier alpha value is -4.15. The molecule has 0 radical (unpaired) electrons. The Balaban J connectivity index is 1.08. The SMILES string of the molecule is COc1cc(-c2cc(C(=O)N3CC[C@H](C(=O)N=CC4CCN(c5cccnc5)C4)CC34CC4)[nH]n2)c(F)cn1. The minimum atomic E-state index is -0.553. The lowest BCUT2D eigenvalue weighted by Crippen LogP contribution is -2.49. The van der Waals surface area contributed by atoms with Gasteiger partial charge < -0.3 is 14.5 Å². The van der Waals surface area contributed by atoms with Crippen LogP contribution in [0.5, 0.6) is 5.88 Å². The van der Waals surface area contributed by atoms with Crippen LogP contribution in [-0.2, 0) is 4.79 Å². The number of hydrogen-bond acceptors (Lipinski definition) is 7. The van der Waals surface area contributed by atoms with Gasteiger partial charge in [-0.25, -0.2) is 14.4 Å². The van der Waals surface area contributed by atoms with Gasteiger partial charge in [0.25, 0.3) is 5.91 Å². The summed E-state index contributed by atoms with van der Waals surface area (Å²) >= 11 is 0. The summed E-state index contributed by atoms with van der Waals surface area (Å²) in [5, 5.41) is 6.93. The summed E-state index contributed by atoms with van der Waals surface area (Å²) in [6.45, 7) is 2.20. The normalized spacial score (nSPS) is 22.0. The van der Waals surface area contributed by atoms with E-state index >= 15 is 0 Å². The van der Waals surface area contributed by atoms with Gasteiger partial charge in [-0.2, -0.15) is 5.10 Å². The molecule has 3 fully saturated rings. The van der Waals surface area contributed by atoms with Gasteiger partial charge >= 0.3 is 0 Å². The number of anilines is 1. The van der Waals surface area contributed by atoms with E-state index in [9.17, 15) is 14.0 Å². The number of aromatic nitrogens is 4. The van der Waals surface area contributed by atoms with Gasteiger partial charge in [0.15, 0.2) is 5.82 Å². The van der Waals surface area contributed by atoms with Crippen LogP contribution in [0.15, 0.2) is 47.8 Å². The van der Waals surface area contributed by atoms with Gasteiger partial charge in [-0.15, -0.1) is 0 Å². The van der Waals surface area contributed by atoms with Crippen LogP contribution >= 0.6 is 0 Å². The molecular weight excluding hydrogens is 501 g/mol. The smallest absolute Gasteiger partial charge is 0.272 e. The molecule has 1 unspecified atom stereocenters. The van der Waals surface area contributed by atoms with E-state index in [4.69, 9.17) is 4.74 Å². The maximum Gasteiger partial charge on any atom is 0.272 e. The predicted molar refractivity (Wildman–Crippen MR) is 142 cm³/mol. The molecule has 2 atom stereocenters. The van der Waals surface area contributed by atoms with Crippen LogP contribution in [0.2, 0.25) is 0 Å². The van der Waals surface area contributed by atoms with Crippen molar-refractivity contribution in [1.29, 1.82) is 0 Å². The van der Waals surface area contributed by atoms with Crippen molar-refractivity contribution in [2.75, 3.05) is 31.6 Å². The fourth-order valence-corrected chi connectivity index (χ4v) is 5.75. The molecule has 6 rings (SSSR count). The number of aromatic amines is 1. The highest BCUT2D eigenvalue weighted by Crippen LogP contribution is 2.50. The summed E-state index contributed by atoms with van der Waals surface area (Å²) in [6.07, 6.45) is 10.3. The Labute approximate surface area is 225 Å². The zero-order valence-electron chi connectivity index (χ0n) is 21.7. The second-order valence-corrected chi connectivity index (χ2v) is 10.6. The van der Waals surface area contributed by atoms with Crippen molar-refractivity contribution in [3.05, 3.63) is 54.4 Å². The number of methoxy groups -OCH3 is 1. The molecule has 39 heavy (non-hydrogen) atoms. The Bertz CT molecular complexity index is 1410. The number of carbonyl (C=O) groups is 2. The van der Waals surface area contributed by atoms with E-state index < -0.39 is 5.82 Å². The van der Waals surface area contributed by atoms with Gasteiger partial charge in [0.2, 0.25) is 11.8 Å². The van der Waals surface area contributed by atoms with Gasteiger partial charge in [-0.05, 0) is 50.3 Å². The van der Waals surface area contributed by atoms with E-state index in [-0.39, 0.29) is 46.3 Å². The summed E-state index contributed by atoms with van der Waals surface area (Å²) in [6, 6.07) is 6.96. The second kappa shape index (κ2) is 10.2. The minimum absolute atomic E-state index is 0.0980. The number of carbonyl (C=O) groups excluding carboxylic acids is 2. The Kier molecular flexibility index (Phi) is 6.58. The highest BCUT2D eigenvalue weighted by molar-refractivity contribution is 5.95. The van der Waals surface area contributed by atoms with Crippen molar-refractivity contribution in [2.45, 2.75) is 37.6 Å². The maximum atomic E-state index is 14.4. The summed E-state index contributed by atoms with van der Waals surface area (Å²) in [4.78, 5) is 43.0. The zero-order valence-corrected chi connectivity index (χ0v) is 21.7. The first-order chi connectivity index (χ1) is 19.0. The molecular formula is C28H30FN7O3. The monoisotopic (exact) mass is 531 g/mol. The van der Waals surface area contributed by atoms with Gasteiger partial charge in [0.05, 0.1) is 30.9 Å². The number of halogens is 1. The summed E-state index contributed by atoms with van der Waals surface area (Å²) in [5.41, 5.74) is 1.55. The van der Waals surface area contributed by atoms with E-state index in [0.717, 1.165) is 44.2 Å². The standard InChI is InChI=1S/C28H30FN7O3/c1-39-25-11-21(22(29)16-31-25)23-12-24(34-33-23)27(38)36-10-5-19(13-28(36)6-7-28)26(37)32-14-18-4-9-35(17-18)20-3-2-8-30-15-20/h2-3,8,11-12,14-16,18-19H,4-7,9-10,13,17H2,1H3,(H,33,34)/t18?,19-/m0/s1. The Morgan fingerprint density at radius 3 is 2.87 bits per heavy atom. The van der Waals surface area contributed by atoms with Crippen LogP contribution in [-0.4, -0.2) is 75.4 Å².